The second-order valence-corrected chi connectivity index (χ2v) is 6.71. The summed E-state index contributed by atoms with van der Waals surface area (Å²) < 4.78 is 26.1. The predicted octanol–water partition coefficient (Wildman–Crippen LogP) is 0.528. The fourth-order valence-corrected chi connectivity index (χ4v) is 3.27. The van der Waals surface area contributed by atoms with E-state index in [1.54, 1.807) is 24.3 Å². The Kier molecular flexibility index (Phi) is 3.59. The molecule has 0 fully saturated rings. The molecule has 0 saturated heterocycles. The molecular formula is C13H14N4O4S. The van der Waals surface area contributed by atoms with Crippen LogP contribution in [0.3, 0.4) is 0 Å². The van der Waals surface area contributed by atoms with Gasteiger partial charge in [-0.1, -0.05) is 0 Å². The molecule has 116 valence electrons. The van der Waals surface area contributed by atoms with Crippen LogP contribution in [0.4, 0.5) is 5.69 Å². The van der Waals surface area contributed by atoms with E-state index in [1.807, 2.05) is 0 Å². The molecule has 0 saturated carbocycles. The molecule has 0 aliphatic heterocycles. The number of H-pyrrole nitrogens is 2. The van der Waals surface area contributed by atoms with Gasteiger partial charge in [-0.25, -0.2) is 18.2 Å². The number of anilines is 1. The number of sulfonamides is 1. The summed E-state index contributed by atoms with van der Waals surface area (Å²) in [5, 5.41) is 9.41. The third-order valence-corrected chi connectivity index (χ3v) is 4.51. The summed E-state index contributed by atoms with van der Waals surface area (Å²) in [5.41, 5.74) is 1.71. The van der Waals surface area contributed by atoms with E-state index in [-0.39, 0.29) is 24.5 Å². The van der Waals surface area contributed by atoms with Gasteiger partial charge in [-0.2, -0.15) is 0 Å². The van der Waals surface area contributed by atoms with E-state index < -0.39 is 10.0 Å². The first kappa shape index (κ1) is 14.5. The van der Waals surface area contributed by atoms with E-state index >= 15 is 0 Å². The molecule has 2 heterocycles. The molecule has 22 heavy (non-hydrogen) atoms. The topological polar surface area (TPSA) is 128 Å². The van der Waals surface area contributed by atoms with Gasteiger partial charge >= 0.3 is 5.69 Å². The quantitative estimate of drug-likeness (QED) is 0.545. The molecule has 0 aliphatic rings. The molecule has 3 rings (SSSR count). The van der Waals surface area contributed by atoms with Gasteiger partial charge < -0.3 is 10.1 Å². The second-order valence-electron chi connectivity index (χ2n) is 4.87. The zero-order valence-corrected chi connectivity index (χ0v) is 12.3. The fourth-order valence-electron chi connectivity index (χ4n) is 2.18. The average molecular weight is 322 g/mol. The Morgan fingerprint density at radius 3 is 2.82 bits per heavy atom. The Bertz CT molecular complexity index is 990. The standard InChI is InChI=1S/C13H14N4O4S/c18-4-1-5-22(20,21)17-9-2-3-10-8(6-9)7-11-12(14-10)16-13(19)15-11/h2-3,6-7,17-18H,1,4-5H2,(H2,14,15,16,19). The van der Waals surface area contributed by atoms with Crippen LogP contribution in [0.15, 0.2) is 29.1 Å². The maximum absolute atomic E-state index is 11.8. The van der Waals surface area contributed by atoms with E-state index in [2.05, 4.69) is 19.7 Å². The number of nitrogens with zero attached hydrogens (tertiary/aromatic N) is 1. The number of imidazole rings is 1. The molecule has 2 aromatic heterocycles. The molecule has 0 radical (unpaired) electrons. The number of benzene rings is 1. The molecule has 8 nitrogen and oxygen atoms in total. The summed E-state index contributed by atoms with van der Waals surface area (Å²) in [5.74, 6) is -0.149. The van der Waals surface area contributed by atoms with Crippen LogP contribution in [0, 0.1) is 0 Å². The molecular weight excluding hydrogens is 308 g/mol. The minimum absolute atomic E-state index is 0.149. The van der Waals surface area contributed by atoms with E-state index in [1.165, 1.54) is 0 Å². The maximum atomic E-state index is 11.8. The van der Waals surface area contributed by atoms with Crippen LogP contribution in [0.25, 0.3) is 22.1 Å². The van der Waals surface area contributed by atoms with Crippen molar-refractivity contribution in [1.82, 2.24) is 15.0 Å². The first-order valence-corrected chi connectivity index (χ1v) is 8.26. The fraction of sp³-hybridized carbons (Fsp3) is 0.231. The Morgan fingerprint density at radius 1 is 1.23 bits per heavy atom. The summed E-state index contributed by atoms with van der Waals surface area (Å²) in [7, 11) is -3.50. The normalized spacial score (nSPS) is 12.0. The number of hydrogen-bond donors (Lipinski definition) is 4. The Labute approximate surface area is 125 Å². The van der Waals surface area contributed by atoms with Crippen LogP contribution < -0.4 is 10.4 Å². The summed E-state index contributed by atoms with van der Waals surface area (Å²) in [6.45, 7) is -0.179. The number of hydrogen-bond acceptors (Lipinski definition) is 5. The number of aromatic nitrogens is 3. The molecule has 9 heteroatoms. The number of aliphatic hydroxyl groups is 1. The first-order chi connectivity index (χ1) is 10.5. The summed E-state index contributed by atoms with van der Waals surface area (Å²) in [6.07, 6.45) is 0.176. The second kappa shape index (κ2) is 5.43. The average Bonchev–Trinajstić information content (AvgIpc) is 2.81. The van der Waals surface area contributed by atoms with Crippen LogP contribution >= 0.6 is 0 Å². The molecule has 1 aromatic carbocycles. The highest BCUT2D eigenvalue weighted by atomic mass is 32.2. The molecule has 0 amide bonds. The molecule has 0 bridgehead atoms. The lowest BCUT2D eigenvalue weighted by Gasteiger charge is -2.08. The van der Waals surface area contributed by atoms with E-state index in [0.29, 0.717) is 27.8 Å². The van der Waals surface area contributed by atoms with Crippen molar-refractivity contribution in [2.24, 2.45) is 0 Å². The number of fused-ring (bicyclic) bond motifs is 2. The van der Waals surface area contributed by atoms with Gasteiger partial charge in [0.1, 0.15) is 0 Å². The molecule has 0 spiro atoms. The predicted molar refractivity (Wildman–Crippen MR) is 83.3 cm³/mol. The number of pyridine rings is 1. The molecule has 0 atom stereocenters. The number of rotatable bonds is 5. The van der Waals surface area contributed by atoms with E-state index in [4.69, 9.17) is 5.11 Å². The molecule has 4 N–H and O–H groups in total. The lowest BCUT2D eigenvalue weighted by atomic mass is 10.2. The molecule has 0 unspecified atom stereocenters. The van der Waals surface area contributed by atoms with Crippen LogP contribution in [0.5, 0.6) is 0 Å². The summed E-state index contributed by atoms with van der Waals surface area (Å²) in [4.78, 5) is 20.7. The summed E-state index contributed by atoms with van der Waals surface area (Å²) in [6, 6.07) is 6.64. The Morgan fingerprint density at radius 2 is 2.05 bits per heavy atom. The third kappa shape index (κ3) is 2.95. The minimum Gasteiger partial charge on any atom is -0.396 e. The van der Waals surface area contributed by atoms with Crippen molar-refractivity contribution in [1.29, 1.82) is 0 Å². The molecule has 0 aliphatic carbocycles. The van der Waals surface area contributed by atoms with Crippen LogP contribution in [0.1, 0.15) is 6.42 Å². The van der Waals surface area contributed by atoms with Crippen molar-refractivity contribution in [3.05, 3.63) is 34.7 Å². The Balaban J connectivity index is 1.98. The minimum atomic E-state index is -3.50. The van der Waals surface area contributed by atoms with Crippen molar-refractivity contribution >= 4 is 37.8 Å². The zero-order valence-electron chi connectivity index (χ0n) is 11.5. The van der Waals surface area contributed by atoms with E-state index in [9.17, 15) is 13.2 Å². The van der Waals surface area contributed by atoms with Gasteiger partial charge in [0.05, 0.1) is 16.8 Å². The SMILES string of the molecule is O=c1[nH]c2cc3cc(NS(=O)(=O)CCCO)ccc3nc2[nH]1. The monoisotopic (exact) mass is 322 g/mol. The smallest absolute Gasteiger partial charge is 0.325 e. The third-order valence-electron chi connectivity index (χ3n) is 3.14. The first-order valence-electron chi connectivity index (χ1n) is 6.61. The highest BCUT2D eigenvalue weighted by Gasteiger charge is 2.11. The largest absolute Gasteiger partial charge is 0.396 e. The van der Waals surface area contributed by atoms with Crippen LogP contribution in [0.2, 0.25) is 0 Å². The van der Waals surface area contributed by atoms with Crippen molar-refractivity contribution in [2.75, 3.05) is 17.1 Å². The highest BCUT2D eigenvalue weighted by molar-refractivity contribution is 7.92. The van der Waals surface area contributed by atoms with Gasteiger partial charge in [-0.05, 0) is 30.7 Å². The summed E-state index contributed by atoms with van der Waals surface area (Å²) >= 11 is 0. The van der Waals surface area contributed by atoms with Gasteiger partial charge in [0.15, 0.2) is 5.65 Å². The number of aromatic amines is 2. The zero-order chi connectivity index (χ0) is 15.7. The van der Waals surface area contributed by atoms with Gasteiger partial charge in [-0.15, -0.1) is 0 Å². The van der Waals surface area contributed by atoms with Gasteiger partial charge in [-0.3, -0.25) is 9.71 Å². The number of nitrogens with one attached hydrogen (secondary N) is 3. The van der Waals surface area contributed by atoms with Crippen molar-refractivity contribution in [3.8, 4) is 0 Å². The van der Waals surface area contributed by atoms with Crippen molar-refractivity contribution in [2.45, 2.75) is 6.42 Å². The lowest BCUT2D eigenvalue weighted by Crippen LogP contribution is -2.17. The van der Waals surface area contributed by atoms with Crippen molar-refractivity contribution in [3.63, 3.8) is 0 Å². The van der Waals surface area contributed by atoms with Crippen molar-refractivity contribution < 1.29 is 13.5 Å². The maximum Gasteiger partial charge on any atom is 0.325 e. The highest BCUT2D eigenvalue weighted by Crippen LogP contribution is 2.21. The van der Waals surface area contributed by atoms with Gasteiger partial charge in [0.25, 0.3) is 0 Å². The van der Waals surface area contributed by atoms with Crippen LogP contribution in [-0.2, 0) is 10.0 Å². The molecule has 3 aromatic rings. The Hall–Kier alpha value is -2.39. The number of aliphatic hydroxyl groups excluding tert-OH is 1. The van der Waals surface area contributed by atoms with E-state index in [0.717, 1.165) is 0 Å². The lowest BCUT2D eigenvalue weighted by molar-refractivity contribution is 0.295. The van der Waals surface area contributed by atoms with Crippen LogP contribution in [-0.4, -0.2) is 40.8 Å². The van der Waals surface area contributed by atoms with Gasteiger partial charge in [0, 0.05) is 17.7 Å². The van der Waals surface area contributed by atoms with Gasteiger partial charge in [0.2, 0.25) is 10.0 Å².